The van der Waals surface area contributed by atoms with E-state index in [1.54, 1.807) is 36.4 Å². The fraction of sp³-hybridized carbons (Fsp3) is 0.130. The maximum Gasteiger partial charge on any atom is 0.338 e. The molecule has 4 rings (SSSR count). The predicted molar refractivity (Wildman–Crippen MR) is 108 cm³/mol. The molecule has 1 amide bonds. The van der Waals surface area contributed by atoms with Crippen LogP contribution in [0, 0.1) is 0 Å². The smallest absolute Gasteiger partial charge is 0.338 e. The number of benzene rings is 3. The topological polar surface area (TPSA) is 83.1 Å². The van der Waals surface area contributed by atoms with Crippen LogP contribution < -0.4 is 19.5 Å². The minimum absolute atomic E-state index is 0.195. The largest absolute Gasteiger partial charge is 0.457 e. The number of hydrogen-bond donors (Lipinski definition) is 1. The van der Waals surface area contributed by atoms with Crippen LogP contribution in [0.15, 0.2) is 72.8 Å². The van der Waals surface area contributed by atoms with Gasteiger partial charge in [-0.2, -0.15) is 0 Å². The number of fused-ring (bicyclic) bond motifs is 1. The van der Waals surface area contributed by atoms with Gasteiger partial charge in [-0.25, -0.2) is 4.79 Å². The molecule has 1 N–H and O–H groups in total. The van der Waals surface area contributed by atoms with Gasteiger partial charge >= 0.3 is 5.97 Å². The summed E-state index contributed by atoms with van der Waals surface area (Å²) in [7, 11) is 0. The van der Waals surface area contributed by atoms with E-state index in [1.807, 2.05) is 36.4 Å². The molecule has 3 aromatic rings. The number of amides is 1. The molecule has 30 heavy (non-hydrogen) atoms. The first kappa shape index (κ1) is 19.3. The van der Waals surface area contributed by atoms with Crippen LogP contribution in [0.4, 0.5) is 0 Å². The first-order valence-corrected chi connectivity index (χ1v) is 9.33. The van der Waals surface area contributed by atoms with Crippen LogP contribution in [-0.4, -0.2) is 25.3 Å². The Morgan fingerprint density at radius 2 is 1.60 bits per heavy atom. The van der Waals surface area contributed by atoms with Gasteiger partial charge in [0.05, 0.1) is 5.56 Å². The van der Waals surface area contributed by atoms with Crippen molar-refractivity contribution in [2.75, 3.05) is 13.4 Å². The summed E-state index contributed by atoms with van der Waals surface area (Å²) < 4.78 is 21.3. The summed E-state index contributed by atoms with van der Waals surface area (Å²) in [5.41, 5.74) is 1.19. The summed E-state index contributed by atoms with van der Waals surface area (Å²) >= 11 is 0. The number of carbonyl (C=O) groups is 2. The third-order valence-electron chi connectivity index (χ3n) is 4.33. The number of nitrogens with one attached hydrogen (secondary N) is 1. The summed E-state index contributed by atoms with van der Waals surface area (Å²) in [6.45, 7) is 0.116. The monoisotopic (exact) mass is 405 g/mol. The lowest BCUT2D eigenvalue weighted by atomic mass is 10.2. The number of ether oxygens (including phenoxy) is 4. The Balaban J connectivity index is 1.23. The highest BCUT2D eigenvalue weighted by Crippen LogP contribution is 2.32. The SMILES string of the molecule is O=C(COC(=O)c1ccc(Oc2ccccc2)cc1)NCc1ccc2c(c1)OCO2. The van der Waals surface area contributed by atoms with Crippen molar-refractivity contribution in [3.8, 4) is 23.0 Å². The third kappa shape index (κ3) is 4.88. The predicted octanol–water partition coefficient (Wildman–Crippen LogP) is 3.68. The Kier molecular flexibility index (Phi) is 5.80. The van der Waals surface area contributed by atoms with Crippen LogP contribution in [0.2, 0.25) is 0 Å². The molecule has 0 spiro atoms. The fourth-order valence-electron chi connectivity index (χ4n) is 2.80. The van der Waals surface area contributed by atoms with E-state index in [0.717, 1.165) is 5.56 Å². The molecule has 0 atom stereocenters. The van der Waals surface area contributed by atoms with Crippen molar-refractivity contribution in [1.82, 2.24) is 5.32 Å². The molecule has 3 aromatic carbocycles. The number of esters is 1. The molecule has 152 valence electrons. The van der Waals surface area contributed by atoms with Crippen LogP contribution in [-0.2, 0) is 16.1 Å². The molecule has 0 bridgehead atoms. The fourth-order valence-corrected chi connectivity index (χ4v) is 2.80. The van der Waals surface area contributed by atoms with Gasteiger partial charge in [0.25, 0.3) is 5.91 Å². The zero-order chi connectivity index (χ0) is 20.8. The van der Waals surface area contributed by atoms with Crippen molar-refractivity contribution in [3.05, 3.63) is 83.9 Å². The van der Waals surface area contributed by atoms with E-state index in [-0.39, 0.29) is 13.4 Å². The zero-order valence-electron chi connectivity index (χ0n) is 16.0. The molecule has 0 saturated carbocycles. The molecule has 0 unspecified atom stereocenters. The number of carbonyl (C=O) groups excluding carboxylic acids is 2. The molecular weight excluding hydrogens is 386 g/mol. The van der Waals surface area contributed by atoms with Gasteiger partial charge in [-0.05, 0) is 54.1 Å². The van der Waals surface area contributed by atoms with Gasteiger partial charge in [-0.3, -0.25) is 4.79 Å². The average Bonchev–Trinajstić information content (AvgIpc) is 3.25. The van der Waals surface area contributed by atoms with Crippen molar-refractivity contribution < 1.29 is 28.5 Å². The van der Waals surface area contributed by atoms with E-state index in [4.69, 9.17) is 18.9 Å². The highest BCUT2D eigenvalue weighted by Gasteiger charge is 2.14. The third-order valence-corrected chi connectivity index (χ3v) is 4.33. The molecule has 0 aliphatic carbocycles. The Morgan fingerprint density at radius 1 is 0.867 bits per heavy atom. The Labute approximate surface area is 173 Å². The second-order valence-electron chi connectivity index (χ2n) is 6.48. The lowest BCUT2D eigenvalue weighted by Crippen LogP contribution is -2.28. The highest BCUT2D eigenvalue weighted by atomic mass is 16.7. The van der Waals surface area contributed by atoms with Gasteiger partial charge in [-0.15, -0.1) is 0 Å². The summed E-state index contributed by atoms with van der Waals surface area (Å²) in [5, 5.41) is 2.70. The van der Waals surface area contributed by atoms with Crippen molar-refractivity contribution in [1.29, 1.82) is 0 Å². The van der Waals surface area contributed by atoms with Crippen LogP contribution in [0.25, 0.3) is 0 Å². The Bertz CT molecular complexity index is 1030. The molecule has 0 aromatic heterocycles. The number of para-hydroxylation sites is 1. The maximum absolute atomic E-state index is 12.1. The van der Waals surface area contributed by atoms with E-state index in [9.17, 15) is 9.59 Å². The summed E-state index contributed by atoms with van der Waals surface area (Å²) in [6.07, 6.45) is 0. The molecule has 1 heterocycles. The molecular formula is C23H19NO6. The minimum Gasteiger partial charge on any atom is -0.457 e. The first-order valence-electron chi connectivity index (χ1n) is 9.33. The number of hydrogen-bond acceptors (Lipinski definition) is 6. The average molecular weight is 405 g/mol. The van der Waals surface area contributed by atoms with E-state index >= 15 is 0 Å². The summed E-state index contributed by atoms with van der Waals surface area (Å²) in [6, 6.07) is 21.3. The molecule has 0 fully saturated rings. The van der Waals surface area contributed by atoms with Gasteiger partial charge in [0.1, 0.15) is 11.5 Å². The van der Waals surface area contributed by atoms with Crippen LogP contribution in [0.3, 0.4) is 0 Å². The van der Waals surface area contributed by atoms with Gasteiger partial charge in [0, 0.05) is 6.54 Å². The van der Waals surface area contributed by atoms with E-state index in [2.05, 4.69) is 5.32 Å². The van der Waals surface area contributed by atoms with Crippen LogP contribution >= 0.6 is 0 Å². The molecule has 7 nitrogen and oxygen atoms in total. The molecule has 0 radical (unpaired) electrons. The maximum atomic E-state index is 12.1. The van der Waals surface area contributed by atoms with Gasteiger partial charge in [-0.1, -0.05) is 24.3 Å². The second kappa shape index (κ2) is 9.00. The Morgan fingerprint density at radius 3 is 2.40 bits per heavy atom. The van der Waals surface area contributed by atoms with Crippen molar-refractivity contribution in [3.63, 3.8) is 0 Å². The van der Waals surface area contributed by atoms with Gasteiger partial charge in [0.2, 0.25) is 6.79 Å². The number of rotatable bonds is 7. The van der Waals surface area contributed by atoms with Crippen molar-refractivity contribution in [2.45, 2.75) is 6.54 Å². The second-order valence-corrected chi connectivity index (χ2v) is 6.48. The highest BCUT2D eigenvalue weighted by molar-refractivity contribution is 5.91. The normalized spacial score (nSPS) is 11.6. The van der Waals surface area contributed by atoms with E-state index < -0.39 is 11.9 Å². The van der Waals surface area contributed by atoms with E-state index in [0.29, 0.717) is 35.1 Å². The van der Waals surface area contributed by atoms with Crippen LogP contribution in [0.1, 0.15) is 15.9 Å². The van der Waals surface area contributed by atoms with Crippen molar-refractivity contribution >= 4 is 11.9 Å². The Hall–Kier alpha value is -4.00. The molecule has 7 heteroatoms. The summed E-state index contributed by atoms with van der Waals surface area (Å²) in [4.78, 5) is 24.1. The standard InChI is InChI=1S/C23H19NO6/c25-22(24-13-16-6-11-20-21(12-16)29-15-28-20)14-27-23(26)17-7-9-19(10-8-17)30-18-4-2-1-3-5-18/h1-12H,13-15H2,(H,24,25). The lowest BCUT2D eigenvalue weighted by Gasteiger charge is -2.08. The molecule has 0 saturated heterocycles. The quantitative estimate of drug-likeness (QED) is 0.604. The first-order chi connectivity index (χ1) is 14.7. The van der Waals surface area contributed by atoms with Crippen LogP contribution in [0.5, 0.6) is 23.0 Å². The molecule has 1 aliphatic rings. The molecule has 1 aliphatic heterocycles. The summed E-state index contributed by atoms with van der Waals surface area (Å²) in [5.74, 6) is 1.64. The van der Waals surface area contributed by atoms with Gasteiger partial charge < -0.3 is 24.3 Å². The lowest BCUT2D eigenvalue weighted by molar-refractivity contribution is -0.124. The van der Waals surface area contributed by atoms with E-state index in [1.165, 1.54) is 0 Å². The van der Waals surface area contributed by atoms with Crippen molar-refractivity contribution in [2.24, 2.45) is 0 Å². The zero-order valence-corrected chi connectivity index (χ0v) is 16.0. The van der Waals surface area contributed by atoms with Gasteiger partial charge in [0.15, 0.2) is 18.1 Å². The minimum atomic E-state index is -0.584.